The van der Waals surface area contributed by atoms with Gasteiger partial charge in [0.25, 0.3) is 0 Å². The topological polar surface area (TPSA) is 46.6 Å². The van der Waals surface area contributed by atoms with Crippen molar-refractivity contribution in [2.75, 3.05) is 13.2 Å². The van der Waals surface area contributed by atoms with Crippen LogP contribution in [0, 0.1) is 5.41 Å². The predicted molar refractivity (Wildman–Crippen MR) is 67.6 cm³/mol. The number of rotatable bonds is 4. The Balaban J connectivity index is 2.15. The van der Waals surface area contributed by atoms with Crippen LogP contribution in [0.5, 0.6) is 0 Å². The maximum absolute atomic E-state index is 12.5. The number of hydrogen-bond acceptors (Lipinski definition) is 3. The number of carbonyl (C=O) groups excluding carboxylic acids is 2. The van der Waals surface area contributed by atoms with E-state index in [1.54, 1.807) is 11.8 Å². The molecule has 2 rings (SSSR count). The molecule has 2 aliphatic rings. The van der Waals surface area contributed by atoms with E-state index >= 15 is 0 Å². The van der Waals surface area contributed by atoms with Gasteiger partial charge >= 0.3 is 5.97 Å². The highest BCUT2D eigenvalue weighted by atomic mass is 16.5. The third-order valence-corrected chi connectivity index (χ3v) is 4.14. The molecule has 0 aromatic heterocycles. The zero-order valence-electron chi connectivity index (χ0n) is 11.4. The minimum atomic E-state index is -0.292. The number of esters is 1. The Morgan fingerprint density at radius 1 is 1.39 bits per heavy atom. The van der Waals surface area contributed by atoms with Crippen LogP contribution >= 0.6 is 0 Å². The largest absolute Gasteiger partial charge is 0.456 e. The smallest absolute Gasteiger partial charge is 0.336 e. The second-order valence-corrected chi connectivity index (χ2v) is 5.52. The molecule has 4 nitrogen and oxygen atoms in total. The van der Waals surface area contributed by atoms with Gasteiger partial charge < -0.3 is 9.64 Å². The number of amides is 1. The molecule has 0 aromatic carbocycles. The summed E-state index contributed by atoms with van der Waals surface area (Å²) in [6.07, 6.45) is 3.98. The number of ether oxygens (including phenoxy) is 1. The average Bonchev–Trinajstić information content (AvgIpc) is 2.82. The van der Waals surface area contributed by atoms with Crippen LogP contribution in [-0.4, -0.2) is 29.9 Å². The molecule has 1 atom stereocenters. The summed E-state index contributed by atoms with van der Waals surface area (Å²) >= 11 is 0. The Morgan fingerprint density at radius 3 is 2.67 bits per heavy atom. The highest BCUT2D eigenvalue weighted by Gasteiger charge is 2.44. The van der Waals surface area contributed by atoms with Crippen molar-refractivity contribution in [2.45, 2.75) is 46.5 Å². The molecule has 0 spiro atoms. The van der Waals surface area contributed by atoms with E-state index in [1.807, 2.05) is 6.92 Å². The molecule has 0 aliphatic carbocycles. The quantitative estimate of drug-likeness (QED) is 0.720. The lowest BCUT2D eigenvalue weighted by Gasteiger charge is -2.23. The van der Waals surface area contributed by atoms with Crippen LogP contribution in [0.2, 0.25) is 0 Å². The van der Waals surface area contributed by atoms with E-state index in [0.717, 1.165) is 31.4 Å². The van der Waals surface area contributed by atoms with E-state index < -0.39 is 0 Å². The van der Waals surface area contributed by atoms with Crippen LogP contribution in [0.3, 0.4) is 0 Å². The fraction of sp³-hybridized carbons (Fsp3) is 0.714. The minimum absolute atomic E-state index is 0.156. The molecule has 0 N–H and O–H groups in total. The summed E-state index contributed by atoms with van der Waals surface area (Å²) in [5.74, 6) is -0.136. The second kappa shape index (κ2) is 4.75. The van der Waals surface area contributed by atoms with Gasteiger partial charge in [-0.1, -0.05) is 26.7 Å². The van der Waals surface area contributed by atoms with Crippen LogP contribution in [-0.2, 0) is 14.3 Å². The molecule has 18 heavy (non-hydrogen) atoms. The average molecular weight is 251 g/mol. The maximum Gasteiger partial charge on any atom is 0.336 e. The summed E-state index contributed by atoms with van der Waals surface area (Å²) in [6, 6.07) is 0. The molecule has 1 saturated heterocycles. The van der Waals surface area contributed by atoms with Gasteiger partial charge in [0.05, 0.1) is 11.3 Å². The first-order valence-corrected chi connectivity index (χ1v) is 6.68. The number of carbonyl (C=O) groups is 2. The first-order chi connectivity index (χ1) is 8.49. The SMILES string of the molecule is CCCC[C@@]1(C)CCN(C2=C(C)C(=O)OC2)C1=O. The van der Waals surface area contributed by atoms with Gasteiger partial charge in [0.2, 0.25) is 5.91 Å². The van der Waals surface area contributed by atoms with Gasteiger partial charge in [-0.05, 0) is 19.8 Å². The Hall–Kier alpha value is -1.32. The van der Waals surface area contributed by atoms with E-state index in [2.05, 4.69) is 6.92 Å². The standard InChI is InChI=1S/C14H21NO3/c1-4-5-6-14(3)7-8-15(13(14)17)11-9-18-12(16)10(11)2/h4-9H2,1-3H3/t14-/m0/s1. The molecule has 0 unspecified atom stereocenters. The molecule has 0 saturated carbocycles. The number of unbranched alkanes of at least 4 members (excludes halogenated alkanes) is 1. The van der Waals surface area contributed by atoms with Crippen LogP contribution in [0.25, 0.3) is 0 Å². The lowest BCUT2D eigenvalue weighted by Crippen LogP contribution is -2.33. The highest BCUT2D eigenvalue weighted by Crippen LogP contribution is 2.39. The van der Waals surface area contributed by atoms with Crippen LogP contribution in [0.1, 0.15) is 46.5 Å². The van der Waals surface area contributed by atoms with Crippen molar-refractivity contribution in [1.29, 1.82) is 0 Å². The van der Waals surface area contributed by atoms with Crippen LogP contribution < -0.4 is 0 Å². The van der Waals surface area contributed by atoms with Gasteiger partial charge in [-0.3, -0.25) is 4.79 Å². The van der Waals surface area contributed by atoms with Gasteiger partial charge in [-0.2, -0.15) is 0 Å². The van der Waals surface area contributed by atoms with E-state index in [0.29, 0.717) is 12.1 Å². The van der Waals surface area contributed by atoms with Crippen molar-refractivity contribution < 1.29 is 14.3 Å². The molecule has 2 aliphatic heterocycles. The van der Waals surface area contributed by atoms with E-state index in [-0.39, 0.29) is 23.9 Å². The normalized spacial score (nSPS) is 28.3. The van der Waals surface area contributed by atoms with Crippen LogP contribution in [0.15, 0.2) is 11.3 Å². The van der Waals surface area contributed by atoms with Crippen molar-refractivity contribution in [2.24, 2.45) is 5.41 Å². The van der Waals surface area contributed by atoms with Gasteiger partial charge in [0.15, 0.2) is 0 Å². The molecular weight excluding hydrogens is 230 g/mol. The van der Waals surface area contributed by atoms with Crippen molar-refractivity contribution >= 4 is 11.9 Å². The third-order valence-electron chi connectivity index (χ3n) is 4.14. The number of nitrogens with zero attached hydrogens (tertiary/aromatic N) is 1. The zero-order chi connectivity index (χ0) is 13.3. The Labute approximate surface area is 108 Å². The summed E-state index contributed by atoms with van der Waals surface area (Å²) in [5.41, 5.74) is 1.10. The van der Waals surface area contributed by atoms with Crippen molar-refractivity contribution in [3.05, 3.63) is 11.3 Å². The molecule has 0 bridgehead atoms. The third kappa shape index (κ3) is 2.04. The molecule has 2 heterocycles. The summed E-state index contributed by atoms with van der Waals surface area (Å²) in [6.45, 7) is 6.87. The maximum atomic E-state index is 12.5. The molecule has 1 fully saturated rings. The van der Waals surface area contributed by atoms with Crippen LogP contribution in [0.4, 0.5) is 0 Å². The van der Waals surface area contributed by atoms with Gasteiger partial charge in [-0.25, -0.2) is 4.79 Å². The molecule has 1 amide bonds. The summed E-state index contributed by atoms with van der Waals surface area (Å²) < 4.78 is 4.98. The van der Waals surface area contributed by atoms with Gasteiger partial charge in [0, 0.05) is 12.0 Å². The summed E-state index contributed by atoms with van der Waals surface area (Å²) in [7, 11) is 0. The summed E-state index contributed by atoms with van der Waals surface area (Å²) in [4.78, 5) is 25.6. The van der Waals surface area contributed by atoms with Gasteiger partial charge in [-0.15, -0.1) is 0 Å². The monoisotopic (exact) mass is 251 g/mol. The first-order valence-electron chi connectivity index (χ1n) is 6.68. The molecular formula is C14H21NO3. The Morgan fingerprint density at radius 2 is 2.11 bits per heavy atom. The van der Waals surface area contributed by atoms with E-state index in [1.165, 1.54) is 0 Å². The van der Waals surface area contributed by atoms with E-state index in [9.17, 15) is 9.59 Å². The van der Waals surface area contributed by atoms with Crippen molar-refractivity contribution in [3.63, 3.8) is 0 Å². The molecule has 100 valence electrons. The van der Waals surface area contributed by atoms with Gasteiger partial charge in [0.1, 0.15) is 6.61 Å². The summed E-state index contributed by atoms with van der Waals surface area (Å²) in [5, 5.41) is 0. The Kier molecular flexibility index (Phi) is 3.46. The first kappa shape index (κ1) is 13.1. The molecule has 4 heteroatoms. The predicted octanol–water partition coefficient (Wildman–Crippen LogP) is 2.25. The fourth-order valence-electron chi connectivity index (χ4n) is 2.70. The van der Waals surface area contributed by atoms with E-state index in [4.69, 9.17) is 4.74 Å². The second-order valence-electron chi connectivity index (χ2n) is 5.52. The zero-order valence-corrected chi connectivity index (χ0v) is 11.4. The lowest BCUT2D eigenvalue weighted by atomic mass is 9.83. The number of cyclic esters (lactones) is 1. The van der Waals surface area contributed by atoms with Crippen molar-refractivity contribution in [3.8, 4) is 0 Å². The molecule has 0 aromatic rings. The lowest BCUT2D eigenvalue weighted by molar-refractivity contribution is -0.137. The number of hydrogen-bond donors (Lipinski definition) is 0. The molecule has 0 radical (unpaired) electrons. The Bertz CT molecular complexity index is 413. The fourth-order valence-corrected chi connectivity index (χ4v) is 2.70. The minimum Gasteiger partial charge on any atom is -0.456 e. The number of likely N-dealkylation sites (tertiary alicyclic amines) is 1. The van der Waals surface area contributed by atoms with Crippen molar-refractivity contribution in [1.82, 2.24) is 4.90 Å². The highest BCUT2D eigenvalue weighted by molar-refractivity contribution is 5.94.